The molecule has 0 amide bonds. The van der Waals surface area contributed by atoms with Gasteiger partial charge in [0, 0.05) is 32.3 Å². The summed E-state index contributed by atoms with van der Waals surface area (Å²) in [6.07, 6.45) is 4.47. The molecule has 2 rings (SSSR count). The predicted octanol–water partition coefficient (Wildman–Crippen LogP) is 1.98. The standard InChI is InChI=1S/C15H29NO3/c1-3-7-16-14(11-17-4-2)13-5-8-19-15(10-13)6-9-18-12-15/h13-14,16H,3-12H2,1-2H3. The molecule has 0 aliphatic carbocycles. The van der Waals surface area contributed by atoms with E-state index in [0.29, 0.717) is 12.0 Å². The van der Waals surface area contributed by atoms with Crippen LogP contribution in [0.5, 0.6) is 0 Å². The lowest BCUT2D eigenvalue weighted by molar-refractivity contribution is -0.106. The van der Waals surface area contributed by atoms with Gasteiger partial charge in [-0.1, -0.05) is 6.92 Å². The highest BCUT2D eigenvalue weighted by molar-refractivity contribution is 4.93. The highest BCUT2D eigenvalue weighted by Crippen LogP contribution is 2.37. The van der Waals surface area contributed by atoms with Gasteiger partial charge in [-0.15, -0.1) is 0 Å². The molecule has 3 atom stereocenters. The fourth-order valence-corrected chi connectivity index (χ4v) is 3.21. The molecule has 19 heavy (non-hydrogen) atoms. The summed E-state index contributed by atoms with van der Waals surface area (Å²) in [6, 6.07) is 0.460. The summed E-state index contributed by atoms with van der Waals surface area (Å²) in [5, 5.41) is 3.66. The Morgan fingerprint density at radius 1 is 1.37 bits per heavy atom. The van der Waals surface area contributed by atoms with E-state index in [1.54, 1.807) is 0 Å². The Labute approximate surface area is 117 Å². The lowest BCUT2D eigenvalue weighted by Crippen LogP contribution is -2.49. The quantitative estimate of drug-likeness (QED) is 0.768. The van der Waals surface area contributed by atoms with Gasteiger partial charge >= 0.3 is 0 Å². The number of ether oxygens (including phenoxy) is 3. The first kappa shape index (κ1) is 15.2. The Morgan fingerprint density at radius 2 is 2.26 bits per heavy atom. The van der Waals surface area contributed by atoms with Crippen molar-refractivity contribution in [3.05, 3.63) is 0 Å². The van der Waals surface area contributed by atoms with Crippen LogP contribution in [0.1, 0.15) is 39.5 Å². The lowest BCUT2D eigenvalue weighted by atomic mass is 9.81. The van der Waals surface area contributed by atoms with Crippen LogP contribution in [0.2, 0.25) is 0 Å². The van der Waals surface area contributed by atoms with E-state index in [9.17, 15) is 0 Å². The zero-order valence-corrected chi connectivity index (χ0v) is 12.5. The molecule has 1 spiro atoms. The largest absolute Gasteiger partial charge is 0.380 e. The maximum atomic E-state index is 6.02. The Kier molecular flexibility index (Phi) is 6.07. The molecular weight excluding hydrogens is 242 g/mol. The van der Waals surface area contributed by atoms with Crippen LogP contribution in [0.3, 0.4) is 0 Å². The van der Waals surface area contributed by atoms with Crippen LogP contribution in [0, 0.1) is 5.92 Å². The first-order valence-electron chi connectivity index (χ1n) is 7.82. The van der Waals surface area contributed by atoms with Crippen LogP contribution in [-0.4, -0.2) is 51.2 Å². The number of hydrogen-bond acceptors (Lipinski definition) is 4. The molecule has 2 fully saturated rings. The van der Waals surface area contributed by atoms with Crippen LogP contribution in [0.4, 0.5) is 0 Å². The Bertz CT molecular complexity index is 246. The van der Waals surface area contributed by atoms with Crippen molar-refractivity contribution in [1.82, 2.24) is 5.32 Å². The van der Waals surface area contributed by atoms with Crippen LogP contribution >= 0.6 is 0 Å². The van der Waals surface area contributed by atoms with Crippen molar-refractivity contribution in [2.75, 3.05) is 39.6 Å². The number of hydrogen-bond donors (Lipinski definition) is 1. The van der Waals surface area contributed by atoms with Crippen molar-refractivity contribution >= 4 is 0 Å². The average Bonchev–Trinajstić information content (AvgIpc) is 2.87. The molecule has 0 aromatic rings. The van der Waals surface area contributed by atoms with E-state index in [2.05, 4.69) is 19.2 Å². The van der Waals surface area contributed by atoms with Crippen molar-refractivity contribution in [3.8, 4) is 0 Å². The first-order valence-corrected chi connectivity index (χ1v) is 7.82. The van der Waals surface area contributed by atoms with Crippen molar-refractivity contribution < 1.29 is 14.2 Å². The van der Waals surface area contributed by atoms with Crippen LogP contribution in [0.25, 0.3) is 0 Å². The summed E-state index contributed by atoms with van der Waals surface area (Å²) in [6.45, 7) is 9.45. The summed E-state index contributed by atoms with van der Waals surface area (Å²) < 4.78 is 17.2. The van der Waals surface area contributed by atoms with E-state index in [1.165, 1.54) is 6.42 Å². The Morgan fingerprint density at radius 3 is 2.95 bits per heavy atom. The second-order valence-corrected chi connectivity index (χ2v) is 5.81. The molecular formula is C15H29NO3. The van der Waals surface area contributed by atoms with E-state index < -0.39 is 0 Å². The topological polar surface area (TPSA) is 39.7 Å². The minimum absolute atomic E-state index is 0.00127. The molecule has 4 nitrogen and oxygen atoms in total. The van der Waals surface area contributed by atoms with Gasteiger partial charge in [0.25, 0.3) is 0 Å². The molecule has 0 radical (unpaired) electrons. The number of nitrogens with one attached hydrogen (secondary N) is 1. The van der Waals surface area contributed by atoms with E-state index in [0.717, 1.165) is 58.8 Å². The molecule has 2 saturated heterocycles. The second-order valence-electron chi connectivity index (χ2n) is 5.81. The fourth-order valence-electron chi connectivity index (χ4n) is 3.21. The van der Waals surface area contributed by atoms with Crippen LogP contribution < -0.4 is 5.32 Å². The maximum Gasteiger partial charge on any atom is 0.0939 e. The summed E-state index contributed by atoms with van der Waals surface area (Å²) >= 11 is 0. The highest BCUT2D eigenvalue weighted by atomic mass is 16.6. The van der Waals surface area contributed by atoms with Gasteiger partial charge < -0.3 is 19.5 Å². The van der Waals surface area contributed by atoms with E-state index >= 15 is 0 Å². The van der Waals surface area contributed by atoms with Gasteiger partial charge in [0.1, 0.15) is 0 Å². The molecule has 2 aliphatic rings. The SMILES string of the molecule is CCCNC(COCC)C1CCOC2(CCOC2)C1. The monoisotopic (exact) mass is 271 g/mol. The molecule has 2 aliphatic heterocycles. The van der Waals surface area contributed by atoms with Gasteiger partial charge in [0.15, 0.2) is 0 Å². The molecule has 3 unspecified atom stereocenters. The molecule has 112 valence electrons. The van der Waals surface area contributed by atoms with Gasteiger partial charge in [-0.05, 0) is 38.6 Å². The van der Waals surface area contributed by atoms with E-state index in [4.69, 9.17) is 14.2 Å². The van der Waals surface area contributed by atoms with Gasteiger partial charge in [-0.3, -0.25) is 0 Å². The third-order valence-corrected chi connectivity index (χ3v) is 4.33. The van der Waals surface area contributed by atoms with Gasteiger partial charge in [0.05, 0.1) is 18.8 Å². The van der Waals surface area contributed by atoms with Gasteiger partial charge in [-0.25, -0.2) is 0 Å². The summed E-state index contributed by atoms with van der Waals surface area (Å²) in [5.41, 5.74) is 0.00127. The summed E-state index contributed by atoms with van der Waals surface area (Å²) in [7, 11) is 0. The first-order chi connectivity index (χ1) is 9.29. The Balaban J connectivity index is 1.90. The van der Waals surface area contributed by atoms with E-state index in [1.807, 2.05) is 0 Å². The van der Waals surface area contributed by atoms with Gasteiger partial charge in [0.2, 0.25) is 0 Å². The molecule has 0 aromatic carbocycles. The van der Waals surface area contributed by atoms with Crippen molar-refractivity contribution in [2.45, 2.75) is 51.2 Å². The molecule has 0 saturated carbocycles. The summed E-state index contributed by atoms with van der Waals surface area (Å²) in [4.78, 5) is 0. The van der Waals surface area contributed by atoms with Crippen molar-refractivity contribution in [1.29, 1.82) is 0 Å². The fraction of sp³-hybridized carbons (Fsp3) is 1.00. The van der Waals surface area contributed by atoms with Crippen molar-refractivity contribution in [2.24, 2.45) is 5.92 Å². The third-order valence-electron chi connectivity index (χ3n) is 4.33. The van der Waals surface area contributed by atoms with Crippen molar-refractivity contribution in [3.63, 3.8) is 0 Å². The smallest absolute Gasteiger partial charge is 0.0939 e. The molecule has 1 N–H and O–H groups in total. The second kappa shape index (κ2) is 7.58. The van der Waals surface area contributed by atoms with Crippen LogP contribution in [-0.2, 0) is 14.2 Å². The predicted molar refractivity (Wildman–Crippen MR) is 75.4 cm³/mol. The lowest BCUT2D eigenvalue weighted by Gasteiger charge is -2.40. The molecule has 2 heterocycles. The van der Waals surface area contributed by atoms with Gasteiger partial charge in [-0.2, -0.15) is 0 Å². The maximum absolute atomic E-state index is 6.02. The minimum atomic E-state index is 0.00127. The third kappa shape index (κ3) is 4.15. The number of rotatable bonds is 7. The average molecular weight is 271 g/mol. The zero-order valence-electron chi connectivity index (χ0n) is 12.5. The zero-order chi connectivity index (χ0) is 13.6. The molecule has 0 bridgehead atoms. The van der Waals surface area contributed by atoms with E-state index in [-0.39, 0.29) is 5.60 Å². The summed E-state index contributed by atoms with van der Waals surface area (Å²) in [5.74, 6) is 0.647. The molecule has 0 aromatic heterocycles. The Hall–Kier alpha value is -0.160. The van der Waals surface area contributed by atoms with Crippen LogP contribution in [0.15, 0.2) is 0 Å². The normalized spacial score (nSPS) is 32.8. The highest BCUT2D eigenvalue weighted by Gasteiger charge is 2.42. The molecule has 4 heteroatoms. The minimum Gasteiger partial charge on any atom is -0.380 e.